The first kappa shape index (κ1) is 26.4. The normalized spacial score (nSPS) is 17.1. The summed E-state index contributed by atoms with van der Waals surface area (Å²) in [6, 6.07) is 9.29. The number of aryl methyl sites for hydroxylation is 1. The Morgan fingerprint density at radius 3 is 2.30 bits per heavy atom. The molecule has 0 aliphatic carbocycles. The average molecular weight is 553 g/mol. The third kappa shape index (κ3) is 4.96. The number of carbonyl (C=O) groups excluding carboxylic acids is 2. The second kappa shape index (κ2) is 9.98. The number of carbonyl (C=O) groups is 2. The molecule has 0 fully saturated rings. The van der Waals surface area contributed by atoms with Gasteiger partial charge in [-0.05, 0) is 54.4 Å². The van der Waals surface area contributed by atoms with E-state index in [4.69, 9.17) is 32.8 Å². The number of halogens is 5. The van der Waals surface area contributed by atoms with Crippen LogP contribution in [0.2, 0.25) is 10.0 Å². The number of oxime groups is 1. The summed E-state index contributed by atoms with van der Waals surface area (Å²) in [6.07, 6.45) is -3.83. The summed E-state index contributed by atoms with van der Waals surface area (Å²) < 4.78 is 47.5. The number of alkyl halides is 3. The van der Waals surface area contributed by atoms with Crippen LogP contribution in [0.4, 0.5) is 23.9 Å². The van der Waals surface area contributed by atoms with Crippen molar-refractivity contribution in [1.82, 2.24) is 9.97 Å². The maximum absolute atomic E-state index is 14.3. The lowest BCUT2D eigenvalue weighted by Gasteiger charge is -2.29. The molecule has 1 aliphatic heterocycles. The van der Waals surface area contributed by atoms with Gasteiger partial charge in [-0.2, -0.15) is 18.1 Å². The number of imide groups is 1. The summed E-state index contributed by atoms with van der Waals surface area (Å²) in [7, 11) is 1.10. The highest BCUT2D eigenvalue weighted by atomic mass is 35.5. The Bertz CT molecular complexity index is 1380. The van der Waals surface area contributed by atoms with Gasteiger partial charge in [0.05, 0.1) is 12.8 Å². The Morgan fingerprint density at radius 1 is 1.08 bits per heavy atom. The summed E-state index contributed by atoms with van der Waals surface area (Å²) in [5.41, 5.74) is -2.39. The Labute approximate surface area is 218 Å². The molecular weight excluding hydrogens is 536 g/mol. The third-order valence-corrected chi connectivity index (χ3v) is 6.05. The van der Waals surface area contributed by atoms with Gasteiger partial charge >= 0.3 is 12.3 Å². The maximum atomic E-state index is 14.3. The fourth-order valence-corrected chi connectivity index (χ4v) is 4.33. The van der Waals surface area contributed by atoms with Crippen LogP contribution < -0.4 is 4.90 Å². The van der Waals surface area contributed by atoms with Crippen LogP contribution in [0.25, 0.3) is 0 Å². The predicted octanol–water partition coefficient (Wildman–Crippen LogP) is 6.09. The largest absolute Gasteiger partial charge is 0.452 e. The summed E-state index contributed by atoms with van der Waals surface area (Å²) in [4.78, 5) is 39.0. The van der Waals surface area contributed by atoms with Crippen molar-refractivity contribution >= 4 is 46.9 Å². The molecule has 0 radical (unpaired) electrons. The van der Waals surface area contributed by atoms with Crippen LogP contribution >= 0.6 is 23.2 Å². The van der Waals surface area contributed by atoms with Gasteiger partial charge in [-0.1, -0.05) is 34.4 Å². The molecule has 8 nitrogen and oxygen atoms in total. The van der Waals surface area contributed by atoms with Crippen molar-refractivity contribution in [1.29, 1.82) is 0 Å². The molecule has 13 heteroatoms. The number of methoxy groups -OCH3 is 1. The lowest BCUT2D eigenvalue weighted by molar-refractivity contribution is -0.275. The monoisotopic (exact) mass is 552 g/mol. The molecule has 1 aromatic heterocycles. The number of ether oxygens (including phenoxy) is 1. The van der Waals surface area contributed by atoms with Gasteiger partial charge in [-0.15, -0.1) is 0 Å². The van der Waals surface area contributed by atoms with E-state index in [-0.39, 0.29) is 38.4 Å². The third-order valence-electron chi connectivity index (χ3n) is 5.62. The number of hydrogen-bond acceptors (Lipinski definition) is 7. The molecule has 0 saturated heterocycles. The van der Waals surface area contributed by atoms with Crippen LogP contribution in [0.15, 0.2) is 60.0 Å². The van der Waals surface area contributed by atoms with Gasteiger partial charge in [-0.3, -0.25) is 4.79 Å². The molecule has 2 heterocycles. The van der Waals surface area contributed by atoms with Gasteiger partial charge in [0.2, 0.25) is 5.95 Å². The van der Waals surface area contributed by atoms with E-state index >= 15 is 0 Å². The first-order valence-electron chi connectivity index (χ1n) is 10.6. The number of aromatic nitrogens is 2. The Kier molecular flexibility index (Phi) is 7.11. The van der Waals surface area contributed by atoms with E-state index in [1.54, 1.807) is 6.92 Å². The minimum Gasteiger partial charge on any atom is -0.452 e. The minimum atomic E-state index is -4.85. The van der Waals surface area contributed by atoms with Crippen LogP contribution in [0.5, 0.6) is 0 Å². The van der Waals surface area contributed by atoms with Gasteiger partial charge < -0.3 is 9.57 Å². The van der Waals surface area contributed by atoms with E-state index in [0.717, 1.165) is 19.2 Å². The smallest absolute Gasteiger partial charge is 0.435 e. The van der Waals surface area contributed by atoms with Crippen LogP contribution in [0.1, 0.15) is 33.5 Å². The molecule has 3 aromatic rings. The molecule has 4 rings (SSSR count). The summed E-state index contributed by atoms with van der Waals surface area (Å²) in [5.74, 6) is -0.989. The molecule has 0 N–H and O–H groups in total. The zero-order valence-electron chi connectivity index (χ0n) is 19.2. The van der Waals surface area contributed by atoms with Crippen LogP contribution in [-0.4, -0.2) is 41.0 Å². The highest BCUT2D eigenvalue weighted by molar-refractivity contribution is 6.34. The van der Waals surface area contributed by atoms with Crippen molar-refractivity contribution in [2.75, 3.05) is 12.0 Å². The average Bonchev–Trinajstić information content (AvgIpc) is 3.31. The first-order chi connectivity index (χ1) is 17.5. The van der Waals surface area contributed by atoms with Crippen molar-refractivity contribution in [3.8, 4) is 0 Å². The van der Waals surface area contributed by atoms with E-state index in [2.05, 4.69) is 15.1 Å². The molecule has 2 aromatic carbocycles. The molecule has 2 amide bonds. The number of amides is 2. The maximum Gasteiger partial charge on any atom is 0.435 e. The predicted molar refractivity (Wildman–Crippen MR) is 129 cm³/mol. The van der Waals surface area contributed by atoms with Crippen LogP contribution in [0.3, 0.4) is 0 Å². The highest BCUT2D eigenvalue weighted by Crippen LogP contribution is 2.49. The molecule has 0 bridgehead atoms. The number of anilines is 1. The van der Waals surface area contributed by atoms with Crippen molar-refractivity contribution in [2.45, 2.75) is 25.1 Å². The van der Waals surface area contributed by atoms with Crippen LogP contribution in [-0.2, 0) is 15.2 Å². The zero-order chi connectivity index (χ0) is 27.0. The Balaban J connectivity index is 1.67. The SMILES string of the molecule is COC(=O)N(C(=O)c1ccc(C2=NOC(c3cc(Cl)cc(Cl)c3)(C(F)(F)F)C2)cc1C)c1ncccn1. The molecule has 1 unspecified atom stereocenters. The summed E-state index contributed by atoms with van der Waals surface area (Å²) in [5, 5.41) is 3.75. The topological polar surface area (TPSA) is 94.0 Å². The Morgan fingerprint density at radius 2 is 1.73 bits per heavy atom. The van der Waals surface area contributed by atoms with E-state index in [1.807, 2.05) is 0 Å². The molecule has 37 heavy (non-hydrogen) atoms. The quantitative estimate of drug-likeness (QED) is 0.389. The van der Waals surface area contributed by atoms with Crippen molar-refractivity contribution < 1.29 is 32.3 Å². The highest BCUT2D eigenvalue weighted by Gasteiger charge is 2.62. The first-order valence-corrected chi connectivity index (χ1v) is 11.3. The second-order valence-electron chi connectivity index (χ2n) is 7.98. The van der Waals surface area contributed by atoms with E-state index in [1.165, 1.54) is 42.7 Å². The van der Waals surface area contributed by atoms with Crippen molar-refractivity contribution in [3.63, 3.8) is 0 Å². The second-order valence-corrected chi connectivity index (χ2v) is 8.85. The van der Waals surface area contributed by atoms with Gasteiger partial charge in [0, 0.05) is 40.0 Å². The van der Waals surface area contributed by atoms with Gasteiger partial charge in [-0.25, -0.2) is 14.8 Å². The molecular formula is C24H17Cl2F3N4O4. The Hall–Kier alpha value is -3.70. The zero-order valence-corrected chi connectivity index (χ0v) is 20.7. The lowest BCUT2D eigenvalue weighted by Crippen LogP contribution is -2.42. The molecule has 1 aliphatic rings. The summed E-state index contributed by atoms with van der Waals surface area (Å²) >= 11 is 11.9. The van der Waals surface area contributed by atoms with Crippen molar-refractivity contribution in [2.24, 2.45) is 5.16 Å². The summed E-state index contributed by atoms with van der Waals surface area (Å²) in [6.45, 7) is 1.56. The van der Waals surface area contributed by atoms with Gasteiger partial charge in [0.1, 0.15) is 0 Å². The fourth-order valence-electron chi connectivity index (χ4n) is 3.80. The molecule has 1 atom stereocenters. The molecule has 0 spiro atoms. The molecule has 192 valence electrons. The van der Waals surface area contributed by atoms with Gasteiger partial charge in [0.25, 0.3) is 11.5 Å². The molecule has 0 saturated carbocycles. The number of hydrogen-bond donors (Lipinski definition) is 0. The van der Waals surface area contributed by atoms with E-state index < -0.39 is 30.2 Å². The fraction of sp³-hybridized carbons (Fsp3) is 0.208. The number of nitrogens with zero attached hydrogens (tertiary/aromatic N) is 4. The number of rotatable bonds is 4. The van der Waals surface area contributed by atoms with Crippen molar-refractivity contribution in [3.05, 3.63) is 87.2 Å². The lowest BCUT2D eigenvalue weighted by atomic mass is 9.86. The van der Waals surface area contributed by atoms with E-state index in [9.17, 15) is 22.8 Å². The standard InChI is InChI=1S/C24H17Cl2F3N4O4/c1-13-8-14(4-5-18(13)20(34)33(22(35)36-2)21-30-6-3-7-31-21)19-12-23(37-32-19,24(27,28)29)15-9-16(25)11-17(26)10-15/h3-11H,12H2,1-2H3. The number of benzene rings is 2. The van der Waals surface area contributed by atoms with Crippen LogP contribution in [0, 0.1) is 6.92 Å². The van der Waals surface area contributed by atoms with E-state index in [0.29, 0.717) is 10.5 Å². The van der Waals surface area contributed by atoms with Gasteiger partial charge in [0.15, 0.2) is 0 Å². The minimum absolute atomic E-state index is 0.00765.